The molecule has 0 unspecified atom stereocenters. The molecule has 2 aromatic rings. The molecule has 2 N–H and O–H groups in total. The number of nitrogens with zero attached hydrogens (tertiary/aromatic N) is 1. The summed E-state index contributed by atoms with van der Waals surface area (Å²) in [6.45, 7) is 2.23. The standard InChI is InChI=1S/C18H20N2O5/c1-2-14(10-21)20(9-15-4-3-7-24-15)18(23)19-13-5-6-16-12(8-13)11-25-17(16)22/h3-8,14,21H,2,9-11H2,1H3,(H,19,23)/t14-/m1/s1. The molecule has 132 valence electrons. The predicted octanol–water partition coefficient (Wildman–Crippen LogP) is 2.76. The zero-order valence-corrected chi connectivity index (χ0v) is 13.9. The quantitative estimate of drug-likeness (QED) is 0.786. The first-order valence-electron chi connectivity index (χ1n) is 8.13. The molecule has 0 spiro atoms. The molecule has 7 nitrogen and oxygen atoms in total. The molecular formula is C18H20N2O5. The Bertz CT molecular complexity index is 753. The molecule has 0 bridgehead atoms. The van der Waals surface area contributed by atoms with Crippen LogP contribution >= 0.6 is 0 Å². The maximum atomic E-state index is 12.7. The fraction of sp³-hybridized carbons (Fsp3) is 0.333. The monoisotopic (exact) mass is 344 g/mol. The van der Waals surface area contributed by atoms with Crippen LogP contribution in [0.5, 0.6) is 0 Å². The smallest absolute Gasteiger partial charge is 0.338 e. The minimum Gasteiger partial charge on any atom is -0.467 e. The number of hydrogen-bond donors (Lipinski definition) is 2. The molecule has 0 saturated carbocycles. The summed E-state index contributed by atoms with van der Waals surface area (Å²) < 4.78 is 10.3. The van der Waals surface area contributed by atoms with E-state index in [0.29, 0.717) is 23.4 Å². The molecule has 25 heavy (non-hydrogen) atoms. The van der Waals surface area contributed by atoms with Crippen LogP contribution in [0.3, 0.4) is 0 Å². The zero-order valence-electron chi connectivity index (χ0n) is 13.9. The number of ether oxygens (including phenoxy) is 1. The number of rotatable bonds is 6. The lowest BCUT2D eigenvalue weighted by Gasteiger charge is -2.29. The summed E-state index contributed by atoms with van der Waals surface area (Å²) in [5.41, 5.74) is 1.83. The van der Waals surface area contributed by atoms with Gasteiger partial charge in [0.15, 0.2) is 0 Å². The van der Waals surface area contributed by atoms with E-state index in [0.717, 1.165) is 5.56 Å². The Morgan fingerprint density at radius 2 is 2.24 bits per heavy atom. The number of nitrogens with one attached hydrogen (secondary N) is 1. The van der Waals surface area contributed by atoms with Gasteiger partial charge in [-0.25, -0.2) is 9.59 Å². The Labute approximate surface area is 145 Å². The van der Waals surface area contributed by atoms with Crippen LogP contribution in [0.1, 0.15) is 35.0 Å². The number of aliphatic hydroxyl groups is 1. The van der Waals surface area contributed by atoms with Gasteiger partial charge < -0.3 is 24.5 Å². The number of esters is 1. The second-order valence-corrected chi connectivity index (χ2v) is 5.83. The van der Waals surface area contributed by atoms with Crippen molar-refractivity contribution < 1.29 is 23.8 Å². The van der Waals surface area contributed by atoms with Crippen LogP contribution in [0.15, 0.2) is 41.0 Å². The third-order valence-corrected chi connectivity index (χ3v) is 4.23. The molecule has 1 atom stereocenters. The number of urea groups is 1. The van der Waals surface area contributed by atoms with Crippen molar-refractivity contribution in [1.29, 1.82) is 0 Å². The van der Waals surface area contributed by atoms with E-state index in [4.69, 9.17) is 9.15 Å². The number of carbonyl (C=O) groups excluding carboxylic acids is 2. The third-order valence-electron chi connectivity index (χ3n) is 4.23. The first-order valence-corrected chi connectivity index (χ1v) is 8.13. The largest absolute Gasteiger partial charge is 0.467 e. The summed E-state index contributed by atoms with van der Waals surface area (Å²) in [6.07, 6.45) is 2.15. The number of fused-ring (bicyclic) bond motifs is 1. The number of cyclic esters (lactones) is 1. The summed E-state index contributed by atoms with van der Waals surface area (Å²) in [5.74, 6) is 0.286. The highest BCUT2D eigenvalue weighted by molar-refractivity contribution is 5.95. The molecule has 0 saturated heterocycles. The van der Waals surface area contributed by atoms with Gasteiger partial charge >= 0.3 is 12.0 Å². The molecule has 7 heteroatoms. The van der Waals surface area contributed by atoms with Gasteiger partial charge in [-0.1, -0.05) is 6.92 Å². The second kappa shape index (κ2) is 7.40. The topological polar surface area (TPSA) is 92.0 Å². The molecule has 0 radical (unpaired) electrons. The summed E-state index contributed by atoms with van der Waals surface area (Å²) in [7, 11) is 0. The van der Waals surface area contributed by atoms with E-state index < -0.39 is 0 Å². The minimum absolute atomic E-state index is 0.142. The molecule has 1 aliphatic rings. The van der Waals surface area contributed by atoms with Crippen LogP contribution in [0.4, 0.5) is 10.5 Å². The minimum atomic E-state index is -0.348. The van der Waals surface area contributed by atoms with Gasteiger partial charge in [0.1, 0.15) is 12.4 Å². The van der Waals surface area contributed by atoms with Gasteiger partial charge in [0.05, 0.1) is 31.0 Å². The van der Waals surface area contributed by atoms with Crippen molar-refractivity contribution in [3.05, 3.63) is 53.5 Å². The van der Waals surface area contributed by atoms with Gasteiger partial charge in [-0.3, -0.25) is 0 Å². The molecule has 1 aliphatic heterocycles. The highest BCUT2D eigenvalue weighted by Crippen LogP contribution is 2.24. The number of hydrogen-bond acceptors (Lipinski definition) is 5. The molecule has 0 fully saturated rings. The molecule has 0 aliphatic carbocycles. The fourth-order valence-corrected chi connectivity index (χ4v) is 2.79. The van der Waals surface area contributed by atoms with Crippen molar-refractivity contribution in [2.24, 2.45) is 0 Å². The zero-order chi connectivity index (χ0) is 17.8. The number of amides is 2. The molecule has 1 aromatic carbocycles. The SMILES string of the molecule is CC[C@H](CO)N(Cc1ccco1)C(=O)Nc1ccc2c(c1)COC2=O. The van der Waals surface area contributed by atoms with Crippen molar-refractivity contribution >= 4 is 17.7 Å². The molecule has 2 amide bonds. The van der Waals surface area contributed by atoms with Crippen molar-refractivity contribution in [3.63, 3.8) is 0 Å². The maximum absolute atomic E-state index is 12.7. The Morgan fingerprint density at radius 1 is 1.40 bits per heavy atom. The maximum Gasteiger partial charge on any atom is 0.338 e. The average molecular weight is 344 g/mol. The highest BCUT2D eigenvalue weighted by Gasteiger charge is 2.25. The van der Waals surface area contributed by atoms with Gasteiger partial charge in [-0.05, 0) is 36.8 Å². The van der Waals surface area contributed by atoms with Crippen LogP contribution < -0.4 is 5.32 Å². The number of benzene rings is 1. The van der Waals surface area contributed by atoms with Crippen molar-refractivity contribution in [1.82, 2.24) is 4.90 Å². The lowest BCUT2D eigenvalue weighted by atomic mass is 10.1. The Hall–Kier alpha value is -2.80. The number of anilines is 1. The highest BCUT2D eigenvalue weighted by atomic mass is 16.5. The van der Waals surface area contributed by atoms with Gasteiger partial charge in [0, 0.05) is 11.3 Å². The summed E-state index contributed by atoms with van der Waals surface area (Å²) in [4.78, 5) is 25.8. The van der Waals surface area contributed by atoms with Crippen LogP contribution in [0.2, 0.25) is 0 Å². The molecule has 2 heterocycles. The van der Waals surface area contributed by atoms with Crippen LogP contribution in [0, 0.1) is 0 Å². The fourth-order valence-electron chi connectivity index (χ4n) is 2.79. The number of carbonyl (C=O) groups is 2. The van der Waals surface area contributed by atoms with E-state index in [9.17, 15) is 14.7 Å². The Kier molecular flexibility index (Phi) is 5.04. The second-order valence-electron chi connectivity index (χ2n) is 5.83. The predicted molar refractivity (Wildman–Crippen MR) is 90.0 cm³/mol. The lowest BCUT2D eigenvalue weighted by molar-refractivity contribution is 0.0535. The van der Waals surface area contributed by atoms with E-state index in [1.165, 1.54) is 4.90 Å². The molecular weight excluding hydrogens is 324 g/mol. The van der Waals surface area contributed by atoms with E-state index in [2.05, 4.69) is 5.32 Å². The van der Waals surface area contributed by atoms with Gasteiger partial charge in [-0.15, -0.1) is 0 Å². The normalized spacial score (nSPS) is 13.9. The number of aliphatic hydroxyl groups excluding tert-OH is 1. The van der Waals surface area contributed by atoms with Gasteiger partial charge in [-0.2, -0.15) is 0 Å². The van der Waals surface area contributed by atoms with E-state index in [1.54, 1.807) is 36.6 Å². The average Bonchev–Trinajstić information content (AvgIpc) is 3.25. The van der Waals surface area contributed by atoms with Gasteiger partial charge in [0.25, 0.3) is 0 Å². The lowest BCUT2D eigenvalue weighted by Crippen LogP contribution is -2.44. The van der Waals surface area contributed by atoms with E-state index >= 15 is 0 Å². The first-order chi connectivity index (χ1) is 12.1. The summed E-state index contributed by atoms with van der Waals surface area (Å²) in [6, 6.07) is 7.88. The number of furan rings is 1. The Morgan fingerprint density at radius 3 is 2.92 bits per heavy atom. The summed E-state index contributed by atoms with van der Waals surface area (Å²) in [5, 5.41) is 12.4. The first kappa shape index (κ1) is 17.0. The van der Waals surface area contributed by atoms with Crippen molar-refractivity contribution in [2.75, 3.05) is 11.9 Å². The van der Waals surface area contributed by atoms with E-state index in [1.807, 2.05) is 6.92 Å². The van der Waals surface area contributed by atoms with Gasteiger partial charge in [0.2, 0.25) is 0 Å². The Balaban J connectivity index is 1.76. The van der Waals surface area contributed by atoms with Crippen molar-refractivity contribution in [3.8, 4) is 0 Å². The van der Waals surface area contributed by atoms with E-state index in [-0.39, 0.29) is 37.8 Å². The third kappa shape index (κ3) is 3.66. The van der Waals surface area contributed by atoms with Crippen LogP contribution in [0.25, 0.3) is 0 Å². The summed E-state index contributed by atoms with van der Waals surface area (Å²) >= 11 is 0. The van der Waals surface area contributed by atoms with Crippen LogP contribution in [-0.4, -0.2) is 34.7 Å². The van der Waals surface area contributed by atoms with Crippen molar-refractivity contribution in [2.45, 2.75) is 32.5 Å². The van der Waals surface area contributed by atoms with Crippen LogP contribution in [-0.2, 0) is 17.9 Å². The molecule has 1 aromatic heterocycles. The molecule has 3 rings (SSSR count).